The van der Waals surface area contributed by atoms with Gasteiger partial charge in [0.1, 0.15) is 23.5 Å². The third-order valence-corrected chi connectivity index (χ3v) is 9.30. The Kier molecular flexibility index (Phi) is 10.5. The highest BCUT2D eigenvalue weighted by Crippen LogP contribution is 2.44. The summed E-state index contributed by atoms with van der Waals surface area (Å²) in [5.41, 5.74) is 0.671. The van der Waals surface area contributed by atoms with Crippen LogP contribution in [0.15, 0.2) is 24.4 Å². The summed E-state index contributed by atoms with van der Waals surface area (Å²) in [6, 6.07) is 1.74. The molecule has 240 valence electrons. The number of aromatic amines is 1. The molecule has 2 fully saturated rings. The minimum atomic E-state index is -3.57. The lowest BCUT2D eigenvalue weighted by Gasteiger charge is -2.33. The second kappa shape index (κ2) is 13.2. The number of rotatable bonds is 7. The summed E-state index contributed by atoms with van der Waals surface area (Å²) in [5.74, 6) is -1.56. The van der Waals surface area contributed by atoms with Gasteiger partial charge in [-0.25, -0.2) is 17.6 Å². The Morgan fingerprint density at radius 2 is 1.88 bits per heavy atom. The number of amides is 3. The number of H-pyrrole nitrogens is 1. The van der Waals surface area contributed by atoms with Crippen molar-refractivity contribution >= 4 is 38.8 Å². The third kappa shape index (κ3) is 7.31. The summed E-state index contributed by atoms with van der Waals surface area (Å²) >= 11 is 0. The van der Waals surface area contributed by atoms with Crippen LogP contribution in [-0.2, 0) is 24.3 Å². The molecular weight excluding hydrogens is 577 g/mol. The highest BCUT2D eigenvalue weighted by Gasteiger charge is 2.54. The maximum absolute atomic E-state index is 13.9. The molecule has 3 heterocycles. The highest BCUT2D eigenvalue weighted by molar-refractivity contribution is 7.88. The van der Waals surface area contributed by atoms with E-state index in [0.717, 1.165) is 10.9 Å². The van der Waals surface area contributed by atoms with Gasteiger partial charge in [0.05, 0.1) is 12.3 Å². The van der Waals surface area contributed by atoms with Crippen LogP contribution in [0, 0.1) is 5.82 Å². The Balaban J connectivity index is 0.00000248. The average Bonchev–Trinajstić information content (AvgIpc) is 3.64. The van der Waals surface area contributed by atoms with Crippen molar-refractivity contribution in [1.82, 2.24) is 24.4 Å². The highest BCUT2D eigenvalue weighted by atomic mass is 32.2. The van der Waals surface area contributed by atoms with Gasteiger partial charge in [0, 0.05) is 49.2 Å². The van der Waals surface area contributed by atoms with Gasteiger partial charge in [0.15, 0.2) is 0 Å². The van der Waals surface area contributed by atoms with Crippen molar-refractivity contribution in [2.24, 2.45) is 0 Å². The first-order valence-corrected chi connectivity index (χ1v) is 16.7. The molecule has 1 aromatic heterocycles. The van der Waals surface area contributed by atoms with Gasteiger partial charge in [-0.1, -0.05) is 20.8 Å². The van der Waals surface area contributed by atoms with E-state index in [9.17, 15) is 27.2 Å². The van der Waals surface area contributed by atoms with E-state index in [4.69, 9.17) is 4.74 Å². The number of benzene rings is 1. The van der Waals surface area contributed by atoms with E-state index in [1.54, 1.807) is 51.8 Å². The predicted molar refractivity (Wildman–Crippen MR) is 163 cm³/mol. The zero-order valence-electron chi connectivity index (χ0n) is 26.6. The molecule has 0 saturated carbocycles. The largest absolute Gasteiger partial charge is 0.444 e. The fraction of sp³-hybridized carbons (Fsp3) is 0.633. The summed E-state index contributed by atoms with van der Waals surface area (Å²) < 4.78 is 46.2. The molecule has 5 atom stereocenters. The normalized spacial score (nSPS) is 21.9. The fourth-order valence-corrected chi connectivity index (χ4v) is 7.04. The number of likely N-dealkylation sites (N-methyl/N-ethyl adjacent to an activating group) is 1. The van der Waals surface area contributed by atoms with E-state index < -0.39 is 57.6 Å². The summed E-state index contributed by atoms with van der Waals surface area (Å²) in [4.78, 5) is 45.5. The van der Waals surface area contributed by atoms with Crippen LogP contribution in [0.25, 0.3) is 10.9 Å². The van der Waals surface area contributed by atoms with E-state index in [1.807, 2.05) is 13.8 Å². The molecule has 0 spiro atoms. The molecular formula is C30H46FN5O6S. The van der Waals surface area contributed by atoms with Crippen LogP contribution in [0.1, 0.15) is 72.8 Å². The summed E-state index contributed by atoms with van der Waals surface area (Å²) in [5, 5.41) is 3.56. The molecule has 0 aliphatic carbocycles. The van der Waals surface area contributed by atoms with Gasteiger partial charge in [-0.05, 0) is 64.3 Å². The zero-order chi connectivity index (χ0) is 32.4. The van der Waals surface area contributed by atoms with Crippen molar-refractivity contribution in [3.63, 3.8) is 0 Å². The average molecular weight is 624 g/mol. The number of hydrogen-bond donors (Lipinski definition) is 2. The van der Waals surface area contributed by atoms with Gasteiger partial charge in [0.25, 0.3) is 0 Å². The second-order valence-corrected chi connectivity index (χ2v) is 13.9. The van der Waals surface area contributed by atoms with E-state index in [2.05, 4.69) is 10.3 Å². The van der Waals surface area contributed by atoms with E-state index >= 15 is 0 Å². The Labute approximate surface area is 254 Å². The lowest BCUT2D eigenvalue weighted by Crippen LogP contribution is -2.55. The van der Waals surface area contributed by atoms with Crippen LogP contribution in [0.2, 0.25) is 0 Å². The summed E-state index contributed by atoms with van der Waals surface area (Å²) in [6.45, 7) is 13.0. The number of aromatic nitrogens is 1. The Bertz CT molecular complexity index is 1440. The van der Waals surface area contributed by atoms with E-state index in [-0.39, 0.29) is 18.4 Å². The van der Waals surface area contributed by atoms with Crippen LogP contribution in [0.5, 0.6) is 0 Å². The van der Waals surface area contributed by atoms with Crippen molar-refractivity contribution in [3.05, 3.63) is 35.8 Å². The minimum absolute atomic E-state index is 0.184. The number of likely N-dealkylation sites (tertiary alicyclic amines) is 1. The number of carbonyl (C=O) groups excluding carboxylic acids is 3. The lowest BCUT2D eigenvalue weighted by atomic mass is 9.91. The van der Waals surface area contributed by atoms with Crippen molar-refractivity contribution in [2.75, 3.05) is 26.4 Å². The molecule has 2 aliphatic rings. The predicted octanol–water partition coefficient (Wildman–Crippen LogP) is 3.81. The Morgan fingerprint density at radius 1 is 1.23 bits per heavy atom. The van der Waals surface area contributed by atoms with Gasteiger partial charge in [-0.15, -0.1) is 0 Å². The number of carbonyl (C=O) groups is 3. The van der Waals surface area contributed by atoms with Gasteiger partial charge < -0.3 is 19.9 Å². The van der Waals surface area contributed by atoms with E-state index in [0.29, 0.717) is 24.9 Å². The van der Waals surface area contributed by atoms with Crippen LogP contribution in [-0.4, -0.2) is 102 Å². The SMILES string of the molecule is CC.CCC(NC(=O)[C@H](C)N(C)C(=O)OC(C)(C)C)C(=O)N1CCC2C1C(c1c[nH]c3cc(F)ccc13)CN2S(C)(=O)=O. The molecule has 13 heteroatoms. The molecule has 43 heavy (non-hydrogen) atoms. The number of nitrogens with zero attached hydrogens (tertiary/aromatic N) is 3. The number of hydrogen-bond acceptors (Lipinski definition) is 6. The third-order valence-electron chi connectivity index (χ3n) is 8.03. The molecule has 3 amide bonds. The first-order chi connectivity index (χ1) is 20.0. The zero-order valence-corrected chi connectivity index (χ0v) is 27.4. The fourth-order valence-electron chi connectivity index (χ4n) is 5.88. The van der Waals surface area contributed by atoms with Crippen molar-refractivity contribution in [3.8, 4) is 0 Å². The first-order valence-electron chi connectivity index (χ1n) is 14.8. The smallest absolute Gasteiger partial charge is 0.410 e. The van der Waals surface area contributed by atoms with Gasteiger partial charge >= 0.3 is 6.09 Å². The maximum Gasteiger partial charge on any atom is 0.410 e. The van der Waals surface area contributed by atoms with Gasteiger partial charge in [-0.2, -0.15) is 4.31 Å². The molecule has 1 aromatic carbocycles. The number of ether oxygens (including phenoxy) is 1. The molecule has 2 aliphatic heterocycles. The molecule has 4 unspecified atom stereocenters. The van der Waals surface area contributed by atoms with Crippen molar-refractivity contribution in [2.45, 2.75) is 97.0 Å². The van der Waals surface area contributed by atoms with Crippen molar-refractivity contribution < 1.29 is 31.9 Å². The molecule has 4 rings (SSSR count). The van der Waals surface area contributed by atoms with Gasteiger partial charge in [0.2, 0.25) is 21.8 Å². The molecule has 0 bridgehead atoms. The molecule has 2 saturated heterocycles. The quantitative estimate of drug-likeness (QED) is 0.482. The van der Waals surface area contributed by atoms with Crippen LogP contribution in [0.3, 0.4) is 0 Å². The standard InChI is InChI=1S/C28H40FN5O6S.C2H6/c1-8-21(31-25(35)16(2)32(6)27(37)40-28(3,4)5)26(36)33-12-11-23-24(33)20(15-34(23)41(7,38)39)19-14-30-22-13-17(29)9-10-18(19)22;1-2/h9-10,13-14,16,20-21,23-24,30H,8,11-12,15H2,1-7H3,(H,31,35);1-2H3/t16-,20?,21?,23?,24?;/m0./s1. The molecule has 0 radical (unpaired) electrons. The minimum Gasteiger partial charge on any atom is -0.444 e. The number of fused-ring (bicyclic) bond motifs is 2. The topological polar surface area (TPSA) is 132 Å². The Hall–Kier alpha value is -3.19. The maximum atomic E-state index is 13.9. The van der Waals surface area contributed by atoms with Crippen LogP contribution in [0.4, 0.5) is 9.18 Å². The first kappa shape index (κ1) is 34.3. The number of sulfonamides is 1. The van der Waals surface area contributed by atoms with Gasteiger partial charge in [-0.3, -0.25) is 14.5 Å². The number of halogens is 1. The van der Waals surface area contributed by atoms with Crippen molar-refractivity contribution in [1.29, 1.82) is 0 Å². The lowest BCUT2D eigenvalue weighted by molar-refractivity contribution is -0.138. The Morgan fingerprint density at radius 3 is 2.47 bits per heavy atom. The molecule has 11 nitrogen and oxygen atoms in total. The molecule has 2 aromatic rings. The summed E-state index contributed by atoms with van der Waals surface area (Å²) in [6.07, 6.45) is 3.02. The summed E-state index contributed by atoms with van der Waals surface area (Å²) in [7, 11) is -2.11. The second-order valence-electron chi connectivity index (χ2n) is 12.0. The van der Waals surface area contributed by atoms with Crippen LogP contribution >= 0.6 is 0 Å². The number of nitrogens with one attached hydrogen (secondary N) is 2. The van der Waals surface area contributed by atoms with Crippen LogP contribution < -0.4 is 5.32 Å². The monoisotopic (exact) mass is 623 g/mol. The molecule has 2 N–H and O–H groups in total. The van der Waals surface area contributed by atoms with E-state index in [1.165, 1.54) is 34.6 Å².